The maximum atomic E-state index is 8.96. The lowest BCUT2D eigenvalue weighted by Crippen LogP contribution is -2.04. The molecule has 0 aliphatic rings. The molecule has 4 rings (SSSR count). The molecule has 1 heterocycles. The average Bonchev–Trinajstić information content (AvgIpc) is 3.16. The van der Waals surface area contributed by atoms with Crippen molar-refractivity contribution in [2.75, 3.05) is 0 Å². The molecule has 3 aromatic carbocycles. The second-order valence-electron chi connectivity index (χ2n) is 6.48. The van der Waals surface area contributed by atoms with Crippen LogP contribution in [0.4, 0.5) is 0 Å². The summed E-state index contributed by atoms with van der Waals surface area (Å²) in [6, 6.07) is 27.7. The average molecular weight is 417 g/mol. The van der Waals surface area contributed by atoms with Crippen LogP contribution in [0.15, 0.2) is 84.0 Å². The van der Waals surface area contributed by atoms with E-state index in [2.05, 4.69) is 33.0 Å². The summed E-state index contributed by atoms with van der Waals surface area (Å²) in [7, 11) is 0. The van der Waals surface area contributed by atoms with Crippen LogP contribution in [0.25, 0.3) is 11.4 Å². The van der Waals surface area contributed by atoms with Gasteiger partial charge in [0.15, 0.2) is 11.0 Å². The summed E-state index contributed by atoms with van der Waals surface area (Å²) in [5.74, 6) is 1.56. The number of halogens is 1. The standard InChI is InChI=1S/C23H17ClN4S/c24-21-12-10-20(11-13-21)22-26-27-23(28(22)15-18-4-2-1-3-5-18)29-16-19-8-6-17(14-25)7-9-19/h1-13H,15-16H2. The summed E-state index contributed by atoms with van der Waals surface area (Å²) >= 11 is 7.68. The van der Waals surface area contributed by atoms with E-state index >= 15 is 0 Å². The highest BCUT2D eigenvalue weighted by Gasteiger charge is 2.15. The summed E-state index contributed by atoms with van der Waals surface area (Å²) in [6.45, 7) is 0.682. The Labute approximate surface area is 178 Å². The quantitative estimate of drug-likeness (QED) is 0.372. The summed E-state index contributed by atoms with van der Waals surface area (Å²) < 4.78 is 2.13. The van der Waals surface area contributed by atoms with Gasteiger partial charge in [0.25, 0.3) is 0 Å². The van der Waals surface area contributed by atoms with Crippen LogP contribution < -0.4 is 0 Å². The van der Waals surface area contributed by atoms with E-state index < -0.39 is 0 Å². The molecule has 0 saturated heterocycles. The van der Waals surface area contributed by atoms with Gasteiger partial charge >= 0.3 is 0 Å². The minimum atomic E-state index is 0.663. The first kappa shape index (κ1) is 19.3. The molecule has 29 heavy (non-hydrogen) atoms. The third kappa shape index (κ3) is 4.68. The van der Waals surface area contributed by atoms with E-state index in [9.17, 15) is 0 Å². The van der Waals surface area contributed by atoms with Crippen molar-refractivity contribution in [2.45, 2.75) is 17.5 Å². The molecule has 0 radical (unpaired) electrons. The number of nitriles is 1. The number of hydrogen-bond donors (Lipinski definition) is 0. The number of nitrogens with zero attached hydrogens (tertiary/aromatic N) is 4. The van der Waals surface area contributed by atoms with Crippen molar-refractivity contribution >= 4 is 23.4 Å². The van der Waals surface area contributed by atoms with Crippen molar-refractivity contribution in [2.24, 2.45) is 0 Å². The molecule has 0 aliphatic carbocycles. The van der Waals surface area contributed by atoms with Crippen molar-refractivity contribution in [3.63, 3.8) is 0 Å². The number of aromatic nitrogens is 3. The van der Waals surface area contributed by atoms with Crippen LogP contribution in [0, 0.1) is 11.3 Å². The Morgan fingerprint density at radius 1 is 0.862 bits per heavy atom. The number of hydrogen-bond acceptors (Lipinski definition) is 4. The Morgan fingerprint density at radius 2 is 1.59 bits per heavy atom. The first-order chi connectivity index (χ1) is 14.2. The van der Waals surface area contributed by atoms with Gasteiger partial charge in [-0.15, -0.1) is 10.2 Å². The Bertz CT molecular complexity index is 1130. The van der Waals surface area contributed by atoms with Crippen molar-refractivity contribution in [1.29, 1.82) is 5.26 Å². The summed E-state index contributed by atoms with van der Waals surface area (Å²) in [6.07, 6.45) is 0. The van der Waals surface area contributed by atoms with Gasteiger partial charge in [-0.05, 0) is 47.5 Å². The van der Waals surface area contributed by atoms with Crippen LogP contribution in [-0.2, 0) is 12.3 Å². The van der Waals surface area contributed by atoms with Crippen molar-refractivity contribution in [3.05, 3.63) is 101 Å². The van der Waals surface area contributed by atoms with Gasteiger partial charge in [-0.3, -0.25) is 4.57 Å². The van der Waals surface area contributed by atoms with Crippen molar-refractivity contribution < 1.29 is 0 Å². The molecule has 0 spiro atoms. The molecule has 0 N–H and O–H groups in total. The van der Waals surface area contributed by atoms with Gasteiger partial charge in [-0.25, -0.2) is 0 Å². The Hall–Kier alpha value is -3.07. The molecule has 4 aromatic rings. The minimum absolute atomic E-state index is 0.663. The monoisotopic (exact) mass is 416 g/mol. The second-order valence-corrected chi connectivity index (χ2v) is 7.86. The number of benzene rings is 3. The Kier molecular flexibility index (Phi) is 5.95. The summed E-state index contributed by atoms with van der Waals surface area (Å²) in [5, 5.41) is 19.4. The fraction of sp³-hybridized carbons (Fsp3) is 0.0870. The van der Waals surface area contributed by atoms with Gasteiger partial charge in [0.05, 0.1) is 18.2 Å². The number of thioether (sulfide) groups is 1. The molecule has 0 aliphatic heterocycles. The van der Waals surface area contributed by atoms with Crippen molar-refractivity contribution in [3.8, 4) is 17.5 Å². The molecule has 0 atom stereocenters. The van der Waals surface area contributed by atoms with E-state index in [4.69, 9.17) is 16.9 Å². The Balaban J connectivity index is 1.63. The predicted molar refractivity (Wildman–Crippen MR) is 117 cm³/mol. The lowest BCUT2D eigenvalue weighted by atomic mass is 10.2. The highest BCUT2D eigenvalue weighted by Crippen LogP contribution is 2.28. The molecule has 0 amide bonds. The van der Waals surface area contributed by atoms with Crippen LogP contribution in [0.2, 0.25) is 5.02 Å². The van der Waals surface area contributed by atoms with Crippen LogP contribution in [-0.4, -0.2) is 14.8 Å². The fourth-order valence-corrected chi connectivity index (χ4v) is 3.96. The topological polar surface area (TPSA) is 54.5 Å². The van der Waals surface area contributed by atoms with Crippen LogP contribution >= 0.6 is 23.4 Å². The molecule has 6 heteroatoms. The zero-order valence-corrected chi connectivity index (χ0v) is 17.1. The normalized spacial score (nSPS) is 10.6. The van der Waals surface area contributed by atoms with Gasteiger partial charge < -0.3 is 0 Å². The minimum Gasteiger partial charge on any atom is -0.298 e. The van der Waals surface area contributed by atoms with E-state index in [0.29, 0.717) is 17.1 Å². The molecular formula is C23H17ClN4S. The maximum absolute atomic E-state index is 8.96. The van der Waals surface area contributed by atoms with Gasteiger partial charge in [0.1, 0.15) is 0 Å². The molecule has 0 unspecified atom stereocenters. The van der Waals surface area contributed by atoms with E-state index in [1.54, 1.807) is 11.8 Å². The summed E-state index contributed by atoms with van der Waals surface area (Å²) in [4.78, 5) is 0. The molecule has 1 aromatic heterocycles. The molecule has 0 saturated carbocycles. The van der Waals surface area contributed by atoms with E-state index in [0.717, 1.165) is 27.9 Å². The smallest absolute Gasteiger partial charge is 0.192 e. The van der Waals surface area contributed by atoms with Gasteiger partial charge in [0, 0.05) is 16.3 Å². The molecule has 142 valence electrons. The SMILES string of the molecule is N#Cc1ccc(CSc2nnc(-c3ccc(Cl)cc3)n2Cc2ccccc2)cc1. The van der Waals surface area contributed by atoms with Crippen LogP contribution in [0.1, 0.15) is 16.7 Å². The zero-order chi connectivity index (χ0) is 20.1. The summed E-state index contributed by atoms with van der Waals surface area (Å²) in [5.41, 5.74) is 3.96. The Morgan fingerprint density at radius 3 is 2.28 bits per heavy atom. The van der Waals surface area contributed by atoms with E-state index in [-0.39, 0.29) is 0 Å². The number of rotatable bonds is 6. The highest BCUT2D eigenvalue weighted by atomic mass is 35.5. The van der Waals surface area contributed by atoms with Crippen molar-refractivity contribution in [1.82, 2.24) is 14.8 Å². The third-order valence-electron chi connectivity index (χ3n) is 4.45. The zero-order valence-electron chi connectivity index (χ0n) is 15.5. The molecule has 0 fully saturated rings. The molecule has 4 nitrogen and oxygen atoms in total. The first-order valence-corrected chi connectivity index (χ1v) is 10.4. The molecular weight excluding hydrogens is 400 g/mol. The van der Waals surface area contributed by atoms with E-state index in [1.807, 2.05) is 66.7 Å². The van der Waals surface area contributed by atoms with Gasteiger partial charge in [-0.2, -0.15) is 5.26 Å². The van der Waals surface area contributed by atoms with Gasteiger partial charge in [-0.1, -0.05) is 65.8 Å². The predicted octanol–water partition coefficient (Wildman–Crippen LogP) is 5.81. The van der Waals surface area contributed by atoms with Crippen LogP contribution in [0.5, 0.6) is 0 Å². The van der Waals surface area contributed by atoms with Gasteiger partial charge in [0.2, 0.25) is 0 Å². The third-order valence-corrected chi connectivity index (χ3v) is 5.74. The first-order valence-electron chi connectivity index (χ1n) is 9.08. The molecule has 0 bridgehead atoms. The lowest BCUT2D eigenvalue weighted by molar-refractivity contribution is 0.714. The largest absolute Gasteiger partial charge is 0.298 e. The highest BCUT2D eigenvalue weighted by molar-refractivity contribution is 7.98. The fourth-order valence-electron chi connectivity index (χ4n) is 2.94. The maximum Gasteiger partial charge on any atom is 0.192 e. The van der Waals surface area contributed by atoms with Crippen LogP contribution in [0.3, 0.4) is 0 Å². The van der Waals surface area contributed by atoms with E-state index in [1.165, 1.54) is 5.56 Å². The second kappa shape index (κ2) is 8.95. The lowest BCUT2D eigenvalue weighted by Gasteiger charge is -2.11.